The standard InChI is InChI=1S/C20H15O3P/c21-20-17-11-5-7-13-19(17)24(23-20,16-9-2-1-3-10-16)18-12-6-4-8-15(18)14-22-24/h1-13H,14H2. The number of carbonyl (C=O) groups is 1. The zero-order valence-corrected chi connectivity index (χ0v) is 13.8. The van der Waals surface area contributed by atoms with E-state index < -0.39 is 7.06 Å². The van der Waals surface area contributed by atoms with Crippen LogP contribution in [0.25, 0.3) is 0 Å². The summed E-state index contributed by atoms with van der Waals surface area (Å²) in [6.07, 6.45) is 0. The molecule has 0 fully saturated rings. The summed E-state index contributed by atoms with van der Waals surface area (Å²) in [4.78, 5) is 12.7. The van der Waals surface area contributed by atoms with E-state index in [1.165, 1.54) is 0 Å². The predicted molar refractivity (Wildman–Crippen MR) is 95.4 cm³/mol. The van der Waals surface area contributed by atoms with Crippen molar-refractivity contribution in [3.8, 4) is 0 Å². The second-order valence-corrected chi connectivity index (χ2v) is 9.93. The fourth-order valence-electron chi connectivity index (χ4n) is 3.93. The fraction of sp³-hybridized carbons (Fsp3) is 0.0500. The topological polar surface area (TPSA) is 35.5 Å². The first kappa shape index (κ1) is 13.9. The van der Waals surface area contributed by atoms with Gasteiger partial charge in [0.05, 0.1) is 0 Å². The SMILES string of the molecule is O=C1OP2(c3ccccc3)(OCc3ccccc32)c2ccccc21. The molecule has 0 aliphatic carbocycles. The van der Waals surface area contributed by atoms with Crippen LogP contribution in [-0.4, -0.2) is 5.97 Å². The second-order valence-electron chi connectivity index (χ2n) is 6.09. The van der Waals surface area contributed by atoms with Crippen LogP contribution in [0.2, 0.25) is 0 Å². The second kappa shape index (κ2) is 4.54. The van der Waals surface area contributed by atoms with Crippen molar-refractivity contribution in [1.82, 2.24) is 0 Å². The number of benzene rings is 3. The molecule has 2 aliphatic heterocycles. The van der Waals surface area contributed by atoms with E-state index in [1.54, 1.807) is 0 Å². The van der Waals surface area contributed by atoms with Gasteiger partial charge in [-0.15, -0.1) is 0 Å². The number of rotatable bonds is 1. The average Bonchev–Trinajstić information content (AvgIpc) is 3.13. The monoisotopic (exact) mass is 334 g/mol. The van der Waals surface area contributed by atoms with Crippen LogP contribution >= 0.6 is 7.06 Å². The van der Waals surface area contributed by atoms with E-state index in [1.807, 2.05) is 72.8 Å². The number of hydrogen-bond donors (Lipinski definition) is 0. The van der Waals surface area contributed by atoms with Gasteiger partial charge in [-0.2, -0.15) is 0 Å². The molecule has 2 aliphatic rings. The third kappa shape index (κ3) is 1.43. The van der Waals surface area contributed by atoms with Crippen LogP contribution in [0.3, 0.4) is 0 Å². The zero-order chi connectivity index (χ0) is 16.2. The van der Waals surface area contributed by atoms with E-state index >= 15 is 0 Å². The van der Waals surface area contributed by atoms with Gasteiger partial charge >= 0.3 is 139 Å². The molecule has 24 heavy (non-hydrogen) atoms. The molecule has 3 nitrogen and oxygen atoms in total. The van der Waals surface area contributed by atoms with Crippen molar-refractivity contribution in [2.45, 2.75) is 6.61 Å². The third-order valence-electron chi connectivity index (χ3n) is 4.94. The van der Waals surface area contributed by atoms with Gasteiger partial charge in [0.1, 0.15) is 0 Å². The molecule has 2 heterocycles. The van der Waals surface area contributed by atoms with E-state index in [0.717, 1.165) is 21.5 Å². The first-order valence-corrected chi connectivity index (χ1v) is 9.97. The summed E-state index contributed by atoms with van der Waals surface area (Å²) >= 11 is 0. The summed E-state index contributed by atoms with van der Waals surface area (Å²) in [5, 5.41) is 2.82. The Morgan fingerprint density at radius 3 is 2.25 bits per heavy atom. The molecule has 0 N–H and O–H groups in total. The van der Waals surface area contributed by atoms with Crippen LogP contribution < -0.4 is 15.9 Å². The van der Waals surface area contributed by atoms with Crippen LogP contribution in [-0.2, 0) is 15.7 Å². The van der Waals surface area contributed by atoms with Crippen molar-refractivity contribution in [1.29, 1.82) is 0 Å². The minimum atomic E-state index is -3.66. The summed E-state index contributed by atoms with van der Waals surface area (Å²) in [6.45, 7) is 0.449. The van der Waals surface area contributed by atoms with E-state index in [4.69, 9.17) is 9.05 Å². The van der Waals surface area contributed by atoms with Gasteiger partial charge in [0.2, 0.25) is 0 Å². The average molecular weight is 334 g/mol. The Morgan fingerprint density at radius 2 is 1.42 bits per heavy atom. The van der Waals surface area contributed by atoms with Gasteiger partial charge in [-0.05, 0) is 0 Å². The molecule has 0 saturated heterocycles. The number of fused-ring (bicyclic) bond motifs is 4. The van der Waals surface area contributed by atoms with Crippen LogP contribution in [0.15, 0.2) is 78.9 Å². The molecule has 1 spiro atoms. The van der Waals surface area contributed by atoms with Gasteiger partial charge < -0.3 is 0 Å². The molecular formula is C20H15O3P. The van der Waals surface area contributed by atoms with Crippen molar-refractivity contribution >= 4 is 28.9 Å². The summed E-state index contributed by atoms with van der Waals surface area (Å²) in [6, 6.07) is 25.6. The molecule has 3 aromatic rings. The van der Waals surface area contributed by atoms with Crippen molar-refractivity contribution in [2.75, 3.05) is 0 Å². The van der Waals surface area contributed by atoms with Crippen LogP contribution in [0, 0.1) is 0 Å². The minimum absolute atomic E-state index is 0.302. The Kier molecular flexibility index (Phi) is 2.63. The summed E-state index contributed by atoms with van der Waals surface area (Å²) in [5.41, 5.74) is 1.69. The molecule has 3 aromatic carbocycles. The first-order valence-electron chi connectivity index (χ1n) is 7.90. The molecule has 0 saturated carbocycles. The van der Waals surface area contributed by atoms with Gasteiger partial charge in [-0.1, -0.05) is 0 Å². The molecule has 0 radical (unpaired) electrons. The number of carbonyl (C=O) groups excluding carboxylic acids is 1. The Morgan fingerprint density at radius 1 is 0.750 bits per heavy atom. The maximum absolute atomic E-state index is 12.7. The maximum atomic E-state index is 12.7. The van der Waals surface area contributed by atoms with E-state index in [9.17, 15) is 4.79 Å². The predicted octanol–water partition coefficient (Wildman–Crippen LogP) is 3.05. The summed E-state index contributed by atoms with van der Waals surface area (Å²) in [7, 11) is -3.66. The molecule has 0 unspecified atom stereocenters. The summed E-state index contributed by atoms with van der Waals surface area (Å²) in [5.74, 6) is -0.302. The molecule has 0 atom stereocenters. The van der Waals surface area contributed by atoms with Crippen LogP contribution in [0.4, 0.5) is 0 Å². The van der Waals surface area contributed by atoms with Crippen LogP contribution in [0.1, 0.15) is 15.9 Å². The van der Waals surface area contributed by atoms with Crippen LogP contribution in [0.5, 0.6) is 0 Å². The molecule has 0 aromatic heterocycles. The Labute approximate surface area is 139 Å². The molecule has 0 amide bonds. The van der Waals surface area contributed by atoms with Gasteiger partial charge in [0, 0.05) is 0 Å². The normalized spacial score (nSPS) is 20.7. The van der Waals surface area contributed by atoms with E-state index in [0.29, 0.717) is 12.2 Å². The Bertz CT molecular complexity index is 985. The van der Waals surface area contributed by atoms with Crippen molar-refractivity contribution in [2.24, 2.45) is 0 Å². The van der Waals surface area contributed by atoms with Crippen molar-refractivity contribution in [3.05, 3.63) is 90.0 Å². The fourth-order valence-corrected chi connectivity index (χ4v) is 9.02. The molecular weight excluding hydrogens is 319 g/mol. The van der Waals surface area contributed by atoms with Crippen molar-refractivity contribution < 1.29 is 13.8 Å². The Hall–Kier alpha value is -2.48. The van der Waals surface area contributed by atoms with Gasteiger partial charge in [-0.3, -0.25) is 0 Å². The van der Waals surface area contributed by atoms with E-state index in [-0.39, 0.29) is 5.97 Å². The molecule has 0 bridgehead atoms. The van der Waals surface area contributed by atoms with Gasteiger partial charge in [0.25, 0.3) is 0 Å². The number of hydrogen-bond acceptors (Lipinski definition) is 3. The Balaban J connectivity index is 1.99. The van der Waals surface area contributed by atoms with Crippen molar-refractivity contribution in [3.63, 3.8) is 0 Å². The zero-order valence-electron chi connectivity index (χ0n) is 12.9. The van der Waals surface area contributed by atoms with Gasteiger partial charge in [0.15, 0.2) is 0 Å². The molecule has 4 heteroatoms. The van der Waals surface area contributed by atoms with Gasteiger partial charge in [-0.25, -0.2) is 0 Å². The molecule has 118 valence electrons. The quantitative estimate of drug-likeness (QED) is 0.642. The van der Waals surface area contributed by atoms with E-state index in [2.05, 4.69) is 6.07 Å². The summed E-state index contributed by atoms with van der Waals surface area (Å²) < 4.78 is 12.8. The third-order valence-corrected chi connectivity index (χ3v) is 9.89. The first-order chi connectivity index (χ1) is 11.8. The molecule has 5 rings (SSSR count).